The largest absolute Gasteiger partial charge is 0.569 e. The third-order valence-electron chi connectivity index (χ3n) is 9.09. The minimum Gasteiger partial charge on any atom is -0.569 e. The van der Waals surface area contributed by atoms with E-state index in [0.717, 1.165) is 0 Å². The van der Waals surface area contributed by atoms with Gasteiger partial charge < -0.3 is 10.6 Å². The van der Waals surface area contributed by atoms with Gasteiger partial charge in [0, 0.05) is 21.2 Å². The Morgan fingerprint density at radius 2 is 1.06 bits per heavy atom. The number of rotatable bonds is 3. The van der Waals surface area contributed by atoms with E-state index in [9.17, 15) is 0 Å². The lowest BCUT2D eigenvalue weighted by Gasteiger charge is -2.66. The lowest BCUT2D eigenvalue weighted by atomic mass is 9.71. The molecule has 0 aromatic heterocycles. The van der Waals surface area contributed by atoms with Crippen molar-refractivity contribution < 1.29 is 0 Å². The molecule has 1 aliphatic heterocycles. The molecule has 0 unspecified atom stereocenters. The standard InChI is InChI=1S/C26H57BNSi4/c1-23(2,3)31(14,15)29(32(16,17)24(4,5)6)27(21-22-30(11,12)13)28-25(7,8)19-18-20-26(28,9)10/h18-20H2,1-17H3/q-1. The highest BCUT2D eigenvalue weighted by molar-refractivity contribution is 7.67. The first-order chi connectivity index (χ1) is 13.8. The fourth-order valence-electron chi connectivity index (χ4n) is 5.54. The first-order valence-electron chi connectivity index (χ1n) is 13.0. The lowest BCUT2D eigenvalue weighted by molar-refractivity contribution is 0.0542. The first kappa shape index (κ1) is 30.3. The van der Waals surface area contributed by atoms with Gasteiger partial charge in [-0.05, 0) is 68.1 Å². The highest BCUT2D eigenvalue weighted by Gasteiger charge is 2.48. The van der Waals surface area contributed by atoms with E-state index in [0.29, 0.717) is 16.1 Å². The molecule has 1 heterocycles. The predicted molar refractivity (Wildman–Crippen MR) is 161 cm³/mol. The molecule has 1 aliphatic rings. The van der Waals surface area contributed by atoms with Crippen molar-refractivity contribution in [2.75, 3.05) is 0 Å². The summed E-state index contributed by atoms with van der Waals surface area (Å²) in [6, 6.07) is 0.457. The van der Waals surface area contributed by atoms with Gasteiger partial charge in [0.2, 0.25) is 0 Å². The van der Waals surface area contributed by atoms with Gasteiger partial charge in [0.05, 0.1) is 0 Å². The topological polar surface area (TPSA) is 3.24 Å². The Morgan fingerprint density at radius 3 is 1.34 bits per heavy atom. The molecule has 0 N–H and O–H groups in total. The van der Waals surface area contributed by atoms with Gasteiger partial charge in [0.25, 0.3) is 0 Å². The van der Waals surface area contributed by atoms with E-state index in [2.05, 4.69) is 131 Å². The molecule has 0 saturated carbocycles. The van der Waals surface area contributed by atoms with Crippen LogP contribution >= 0.6 is 0 Å². The Morgan fingerprint density at radius 1 is 0.719 bits per heavy atom. The van der Waals surface area contributed by atoms with E-state index in [-0.39, 0.29) is 11.1 Å². The van der Waals surface area contributed by atoms with Gasteiger partial charge in [-0.2, -0.15) is 12.8 Å². The van der Waals surface area contributed by atoms with Crippen LogP contribution in [0.15, 0.2) is 0 Å². The highest BCUT2D eigenvalue weighted by Crippen LogP contribution is 2.46. The summed E-state index contributed by atoms with van der Waals surface area (Å²) in [6.45, 7) is 43.6. The SMILES string of the molecule is CC1(C)CCCC(C)(C)N1[B-](C#C[Si](C)(C)C)=[Si]([Si](C)(C)C(C)(C)C)[Si](C)(C)C(C)(C)C. The normalized spacial score (nSPS) is 19.8. The van der Waals surface area contributed by atoms with Crippen LogP contribution in [0.3, 0.4) is 0 Å². The van der Waals surface area contributed by atoms with E-state index < -0.39 is 30.6 Å². The van der Waals surface area contributed by atoms with Crippen molar-refractivity contribution in [3.8, 4) is 11.4 Å². The smallest absolute Gasteiger partial charge is 0.124 e. The summed E-state index contributed by atoms with van der Waals surface area (Å²) in [6.07, 6.45) is 3.93. The maximum atomic E-state index is 4.15. The molecule has 0 amide bonds. The van der Waals surface area contributed by atoms with Gasteiger partial charge in [-0.1, -0.05) is 87.4 Å². The van der Waals surface area contributed by atoms with E-state index >= 15 is 0 Å². The molecule has 1 rings (SSSR count). The molecule has 0 radical (unpaired) electrons. The van der Waals surface area contributed by atoms with Crippen molar-refractivity contribution in [1.82, 2.24) is 4.81 Å². The molecule has 1 nitrogen and oxygen atoms in total. The Bertz CT molecular complexity index is 747. The van der Waals surface area contributed by atoms with Crippen LogP contribution < -0.4 is 0 Å². The third kappa shape index (κ3) is 6.29. The second-order valence-electron chi connectivity index (χ2n) is 15.9. The second kappa shape index (κ2) is 9.06. The van der Waals surface area contributed by atoms with Crippen molar-refractivity contribution in [3.05, 3.63) is 0 Å². The van der Waals surface area contributed by atoms with Crippen molar-refractivity contribution in [2.24, 2.45) is 0 Å². The van der Waals surface area contributed by atoms with Gasteiger partial charge in [0.15, 0.2) is 0 Å². The number of hydrogen-bond donors (Lipinski definition) is 0. The van der Waals surface area contributed by atoms with Crippen LogP contribution in [0.5, 0.6) is 0 Å². The maximum Gasteiger partial charge on any atom is 0.124 e. The van der Waals surface area contributed by atoms with E-state index in [1.54, 1.807) is 0 Å². The molecular weight excluding hydrogens is 449 g/mol. The van der Waals surface area contributed by atoms with Crippen LogP contribution in [-0.4, -0.2) is 52.5 Å². The third-order valence-corrected chi connectivity index (χ3v) is 46.6. The predicted octanol–water partition coefficient (Wildman–Crippen LogP) is 8.19. The Kier molecular flexibility index (Phi) is 8.59. The molecular formula is C26H57BNSi4-. The molecule has 6 heteroatoms. The number of piperidine rings is 1. The molecule has 1 saturated heterocycles. The number of hydrogen-bond acceptors (Lipinski definition) is 1. The zero-order valence-electron chi connectivity index (χ0n) is 25.1. The molecule has 1 fully saturated rings. The van der Waals surface area contributed by atoms with Gasteiger partial charge in [0.1, 0.15) is 8.07 Å². The quantitative estimate of drug-likeness (QED) is 0.275. The summed E-state index contributed by atoms with van der Waals surface area (Å²) in [4.78, 5) is 2.99. The lowest BCUT2D eigenvalue weighted by Crippen LogP contribution is -2.72. The van der Waals surface area contributed by atoms with Crippen LogP contribution in [0.25, 0.3) is 0 Å². The molecule has 32 heavy (non-hydrogen) atoms. The van der Waals surface area contributed by atoms with Crippen LogP contribution in [0.4, 0.5) is 0 Å². The minimum absolute atomic E-state index is 0.210. The van der Waals surface area contributed by atoms with E-state index in [1.165, 1.54) is 19.3 Å². The van der Waals surface area contributed by atoms with Gasteiger partial charge in [-0.25, -0.2) is 0 Å². The fourth-order valence-corrected chi connectivity index (χ4v) is 47.6. The van der Waals surface area contributed by atoms with Crippen LogP contribution in [0.1, 0.15) is 88.5 Å². The van der Waals surface area contributed by atoms with Gasteiger partial charge in [-0.15, -0.1) is 0 Å². The zero-order valence-corrected chi connectivity index (χ0v) is 29.1. The summed E-state index contributed by atoms with van der Waals surface area (Å²) in [7, 11) is -5.46. The summed E-state index contributed by atoms with van der Waals surface area (Å²) < 4.78 is 0. The Labute approximate surface area is 207 Å². The van der Waals surface area contributed by atoms with Crippen LogP contribution in [0.2, 0.25) is 55.9 Å². The Hall–Kier alpha value is 0.292. The Balaban J connectivity index is 4.33. The highest BCUT2D eigenvalue weighted by atomic mass is 29.6. The molecule has 186 valence electrons. The van der Waals surface area contributed by atoms with Gasteiger partial charge >= 0.3 is 0 Å². The zero-order chi connectivity index (χ0) is 25.8. The van der Waals surface area contributed by atoms with E-state index in [4.69, 9.17) is 0 Å². The maximum absolute atomic E-state index is 4.15. The second-order valence-corrected chi connectivity index (χ2v) is 43.8. The minimum atomic E-state index is -1.61. The van der Waals surface area contributed by atoms with Crippen molar-refractivity contribution in [2.45, 2.75) is 155 Å². The molecule has 0 atom stereocenters. The van der Waals surface area contributed by atoms with E-state index in [1.807, 2.05) is 0 Å². The van der Waals surface area contributed by atoms with Crippen molar-refractivity contribution in [1.29, 1.82) is 0 Å². The molecule has 0 aliphatic carbocycles. The molecule has 0 spiro atoms. The molecule has 0 aromatic rings. The van der Waals surface area contributed by atoms with Gasteiger partial charge in [-0.3, -0.25) is 0 Å². The average Bonchev–Trinajstić information content (AvgIpc) is 2.47. The summed E-state index contributed by atoms with van der Waals surface area (Å²) in [5, 5.41) is 0.778. The first-order valence-corrected chi connectivity index (χ1v) is 26.1. The van der Waals surface area contributed by atoms with Crippen LogP contribution in [-0.2, 0) is 0 Å². The fraction of sp³-hybridized carbons (Fsp3) is 0.923. The number of nitrogens with zero attached hydrogens (tertiary/aromatic N) is 1. The van der Waals surface area contributed by atoms with Crippen molar-refractivity contribution >= 4 is 36.6 Å². The average molecular weight is 507 g/mol. The molecule has 0 aromatic carbocycles. The summed E-state index contributed by atoms with van der Waals surface area (Å²) >= 11 is 0. The summed E-state index contributed by atoms with van der Waals surface area (Å²) in [5.74, 6) is 4.15. The van der Waals surface area contributed by atoms with Crippen LogP contribution in [0, 0.1) is 11.4 Å². The monoisotopic (exact) mass is 506 g/mol. The molecule has 0 bridgehead atoms. The van der Waals surface area contributed by atoms with Crippen molar-refractivity contribution in [3.63, 3.8) is 0 Å². The summed E-state index contributed by atoms with van der Waals surface area (Å²) in [5.41, 5.74) is 4.36.